The van der Waals surface area contributed by atoms with Crippen LogP contribution in [-0.2, 0) is 0 Å². The Bertz CT molecular complexity index is 1990. The zero-order valence-corrected chi connectivity index (χ0v) is 20.9. The minimum atomic E-state index is 1.24. The molecule has 0 amide bonds. The van der Waals surface area contributed by atoms with Crippen LogP contribution in [0.2, 0.25) is 0 Å². The van der Waals surface area contributed by atoms with Gasteiger partial charge in [0.15, 0.2) is 0 Å². The summed E-state index contributed by atoms with van der Waals surface area (Å²) in [6, 6.07) is 53.3. The van der Waals surface area contributed by atoms with Crippen LogP contribution in [0.15, 0.2) is 146 Å². The van der Waals surface area contributed by atoms with E-state index in [4.69, 9.17) is 0 Å². The molecule has 0 spiro atoms. The third kappa shape index (κ3) is 3.31. The molecule has 0 nitrogen and oxygen atoms in total. The Morgan fingerprint density at radius 1 is 0.237 bits per heavy atom. The van der Waals surface area contributed by atoms with Crippen LogP contribution in [0, 0.1) is 0 Å². The summed E-state index contributed by atoms with van der Waals surface area (Å²) >= 11 is 0. The van der Waals surface area contributed by atoms with Gasteiger partial charge >= 0.3 is 0 Å². The fourth-order valence-electron chi connectivity index (χ4n) is 6.07. The van der Waals surface area contributed by atoms with Crippen molar-refractivity contribution < 1.29 is 0 Å². The highest BCUT2D eigenvalue weighted by Crippen LogP contribution is 2.48. The summed E-state index contributed by atoms with van der Waals surface area (Å²) in [4.78, 5) is 0. The molecule has 0 aromatic heterocycles. The van der Waals surface area contributed by atoms with Crippen molar-refractivity contribution in [3.63, 3.8) is 0 Å². The summed E-state index contributed by atoms with van der Waals surface area (Å²) in [5.74, 6) is 0. The monoisotopic (exact) mass is 480 g/mol. The van der Waals surface area contributed by atoms with Gasteiger partial charge in [-0.25, -0.2) is 0 Å². The van der Waals surface area contributed by atoms with Crippen LogP contribution in [0.25, 0.3) is 77.2 Å². The largest absolute Gasteiger partial charge is 0.0622 e. The van der Waals surface area contributed by atoms with Crippen molar-refractivity contribution >= 4 is 21.5 Å². The van der Waals surface area contributed by atoms with Crippen LogP contribution in [0.4, 0.5) is 0 Å². The Morgan fingerprint density at radius 2 is 0.737 bits per heavy atom. The van der Waals surface area contributed by atoms with E-state index in [1.54, 1.807) is 0 Å². The smallest absolute Gasteiger partial charge is 0.00259 e. The standard InChI is InChI=1S/C38H24/c1-2-7-25(8-3-1)26-13-15-27(16-14-26)28-17-18-30-22-31(20-19-29(30)21-28)33-23-32-9-6-12-36-34-10-4-5-11-35(34)37(24-33)38(32)36/h1-24H. The van der Waals surface area contributed by atoms with Crippen molar-refractivity contribution in [3.8, 4) is 55.6 Å². The molecule has 176 valence electrons. The minimum Gasteiger partial charge on any atom is -0.0622 e. The number of hydrogen-bond acceptors (Lipinski definition) is 0. The average Bonchev–Trinajstić information content (AvgIpc) is 3.32. The molecule has 7 aromatic carbocycles. The lowest BCUT2D eigenvalue weighted by Gasteiger charge is -2.10. The van der Waals surface area contributed by atoms with E-state index in [1.165, 1.54) is 77.2 Å². The molecular formula is C38H24. The fourth-order valence-corrected chi connectivity index (χ4v) is 6.07. The molecule has 38 heavy (non-hydrogen) atoms. The van der Waals surface area contributed by atoms with Crippen molar-refractivity contribution in [1.29, 1.82) is 0 Å². The number of fused-ring (bicyclic) bond motifs is 4. The van der Waals surface area contributed by atoms with Gasteiger partial charge in [0.2, 0.25) is 0 Å². The van der Waals surface area contributed by atoms with E-state index in [2.05, 4.69) is 146 Å². The first kappa shape index (κ1) is 21.2. The van der Waals surface area contributed by atoms with Crippen molar-refractivity contribution in [2.75, 3.05) is 0 Å². The van der Waals surface area contributed by atoms with Crippen molar-refractivity contribution in [1.82, 2.24) is 0 Å². The number of benzene rings is 7. The van der Waals surface area contributed by atoms with Crippen LogP contribution in [0.5, 0.6) is 0 Å². The highest BCUT2D eigenvalue weighted by Gasteiger charge is 2.21. The zero-order chi connectivity index (χ0) is 25.1. The molecule has 1 aliphatic rings. The van der Waals surface area contributed by atoms with E-state index in [0.29, 0.717) is 0 Å². The van der Waals surface area contributed by atoms with Gasteiger partial charge in [-0.2, -0.15) is 0 Å². The third-order valence-electron chi connectivity index (χ3n) is 7.98. The molecule has 0 bridgehead atoms. The first-order valence-corrected chi connectivity index (χ1v) is 13.2. The maximum absolute atomic E-state index is 2.38. The van der Waals surface area contributed by atoms with Crippen molar-refractivity contribution in [2.45, 2.75) is 0 Å². The second-order valence-electron chi connectivity index (χ2n) is 10.2. The van der Waals surface area contributed by atoms with Gasteiger partial charge in [0.25, 0.3) is 0 Å². The van der Waals surface area contributed by atoms with Gasteiger partial charge in [-0.05, 0) is 101 Å². The summed E-state index contributed by atoms with van der Waals surface area (Å²) in [5.41, 5.74) is 12.9. The Balaban J connectivity index is 1.17. The molecule has 8 rings (SSSR count). The van der Waals surface area contributed by atoms with E-state index < -0.39 is 0 Å². The first-order chi connectivity index (χ1) is 18.8. The first-order valence-electron chi connectivity index (χ1n) is 13.2. The maximum Gasteiger partial charge on any atom is -0.00259 e. The summed E-state index contributed by atoms with van der Waals surface area (Å²) in [7, 11) is 0. The fraction of sp³-hybridized carbons (Fsp3) is 0. The predicted octanol–water partition coefficient (Wildman–Crippen LogP) is 10.6. The molecule has 0 heteroatoms. The van der Waals surface area contributed by atoms with Gasteiger partial charge in [0.1, 0.15) is 0 Å². The van der Waals surface area contributed by atoms with Gasteiger partial charge in [0, 0.05) is 0 Å². The highest BCUT2D eigenvalue weighted by atomic mass is 14.2. The quantitative estimate of drug-likeness (QED) is 0.236. The molecule has 0 aliphatic heterocycles. The molecule has 0 unspecified atom stereocenters. The molecule has 0 saturated heterocycles. The highest BCUT2D eigenvalue weighted by molar-refractivity contribution is 6.16. The lowest BCUT2D eigenvalue weighted by Crippen LogP contribution is -1.84. The molecule has 0 radical (unpaired) electrons. The van der Waals surface area contributed by atoms with Crippen LogP contribution in [0.3, 0.4) is 0 Å². The van der Waals surface area contributed by atoms with Crippen LogP contribution in [-0.4, -0.2) is 0 Å². The second-order valence-corrected chi connectivity index (χ2v) is 10.2. The molecule has 1 aliphatic carbocycles. The summed E-state index contributed by atoms with van der Waals surface area (Å²) in [6.07, 6.45) is 0. The molecule has 0 heterocycles. The molecular weight excluding hydrogens is 456 g/mol. The number of rotatable bonds is 3. The average molecular weight is 481 g/mol. The van der Waals surface area contributed by atoms with Gasteiger partial charge < -0.3 is 0 Å². The van der Waals surface area contributed by atoms with Gasteiger partial charge in [-0.1, -0.05) is 121 Å². The van der Waals surface area contributed by atoms with Crippen molar-refractivity contribution in [2.24, 2.45) is 0 Å². The molecule has 0 fully saturated rings. The van der Waals surface area contributed by atoms with Crippen LogP contribution in [0.1, 0.15) is 0 Å². The minimum absolute atomic E-state index is 1.24. The SMILES string of the molecule is c1ccc(-c2ccc(-c3ccc4cc(-c5cc6c7c(cccc7c5)-c5ccccc5-6)ccc4c3)cc2)cc1. The van der Waals surface area contributed by atoms with Crippen LogP contribution < -0.4 is 0 Å². The molecule has 0 atom stereocenters. The van der Waals surface area contributed by atoms with E-state index in [-0.39, 0.29) is 0 Å². The maximum atomic E-state index is 2.38. The van der Waals surface area contributed by atoms with Gasteiger partial charge in [-0.3, -0.25) is 0 Å². The zero-order valence-electron chi connectivity index (χ0n) is 20.9. The van der Waals surface area contributed by atoms with E-state index in [0.717, 1.165) is 0 Å². The summed E-state index contributed by atoms with van der Waals surface area (Å²) < 4.78 is 0. The molecule has 7 aromatic rings. The van der Waals surface area contributed by atoms with E-state index in [9.17, 15) is 0 Å². The van der Waals surface area contributed by atoms with E-state index >= 15 is 0 Å². The number of hydrogen-bond donors (Lipinski definition) is 0. The van der Waals surface area contributed by atoms with Crippen molar-refractivity contribution in [3.05, 3.63) is 146 Å². The second kappa shape index (κ2) is 8.30. The summed E-state index contributed by atoms with van der Waals surface area (Å²) in [6.45, 7) is 0. The van der Waals surface area contributed by atoms with Crippen LogP contribution >= 0.6 is 0 Å². The van der Waals surface area contributed by atoms with E-state index in [1.807, 2.05) is 0 Å². The lowest BCUT2D eigenvalue weighted by molar-refractivity contribution is 1.60. The topological polar surface area (TPSA) is 0 Å². The Kier molecular flexibility index (Phi) is 4.62. The Hall–Kier alpha value is -4.94. The third-order valence-corrected chi connectivity index (χ3v) is 7.98. The van der Waals surface area contributed by atoms with Gasteiger partial charge in [-0.15, -0.1) is 0 Å². The normalized spacial score (nSPS) is 11.7. The predicted molar refractivity (Wildman–Crippen MR) is 162 cm³/mol. The van der Waals surface area contributed by atoms with Gasteiger partial charge in [0.05, 0.1) is 0 Å². The summed E-state index contributed by atoms with van der Waals surface area (Å²) in [5, 5.41) is 5.20. The molecule has 0 N–H and O–H groups in total. The molecule has 0 saturated carbocycles. The lowest BCUT2D eigenvalue weighted by atomic mass is 9.94. The Labute approximate surface area is 222 Å². The Morgan fingerprint density at radius 3 is 1.45 bits per heavy atom.